The van der Waals surface area contributed by atoms with E-state index in [0.29, 0.717) is 5.75 Å². The first kappa shape index (κ1) is 27.5. The minimum absolute atomic E-state index is 0.0553. The van der Waals surface area contributed by atoms with Gasteiger partial charge in [-0.15, -0.1) is 0 Å². The summed E-state index contributed by atoms with van der Waals surface area (Å²) < 4.78 is 52.1. The molecule has 2 saturated carbocycles. The van der Waals surface area contributed by atoms with Crippen molar-refractivity contribution in [2.24, 2.45) is 5.92 Å². The van der Waals surface area contributed by atoms with Gasteiger partial charge in [0.25, 0.3) is 0 Å². The zero-order chi connectivity index (χ0) is 28.0. The maximum Gasteiger partial charge on any atom is 0.339 e. The predicted octanol–water partition coefficient (Wildman–Crippen LogP) is 7.91. The lowest BCUT2D eigenvalue weighted by Crippen LogP contribution is -2.57. The van der Waals surface area contributed by atoms with Crippen molar-refractivity contribution in [3.8, 4) is 23.0 Å². The van der Waals surface area contributed by atoms with E-state index in [1.54, 1.807) is 32.4 Å². The van der Waals surface area contributed by atoms with Crippen molar-refractivity contribution in [1.29, 1.82) is 0 Å². The average molecular weight is 628 g/mol. The molecule has 0 saturated heterocycles. The molecule has 2 atom stereocenters. The van der Waals surface area contributed by atoms with Gasteiger partial charge >= 0.3 is 10.1 Å². The van der Waals surface area contributed by atoms with Gasteiger partial charge in [-0.05, 0) is 74.6 Å². The highest BCUT2D eigenvalue weighted by Crippen LogP contribution is 2.64. The van der Waals surface area contributed by atoms with Gasteiger partial charge in [0.15, 0.2) is 5.75 Å². The van der Waals surface area contributed by atoms with Crippen LogP contribution in [0.1, 0.15) is 68.9 Å². The molecular weight excluding hydrogens is 592 g/mol. The fraction of sp³-hybridized carbons (Fsp3) is 0.438. The molecule has 3 aliphatic rings. The maximum atomic E-state index is 13.5. The van der Waals surface area contributed by atoms with Crippen LogP contribution in [0.25, 0.3) is 0 Å². The minimum Gasteiger partial charge on any atom is -0.497 e. The molecule has 8 heteroatoms. The molecule has 0 bridgehead atoms. The third-order valence-electron chi connectivity index (χ3n) is 9.23. The van der Waals surface area contributed by atoms with E-state index in [9.17, 15) is 8.42 Å². The van der Waals surface area contributed by atoms with E-state index in [-0.39, 0.29) is 22.0 Å². The van der Waals surface area contributed by atoms with Crippen molar-refractivity contribution >= 4 is 26.0 Å². The van der Waals surface area contributed by atoms with E-state index in [1.807, 2.05) is 24.3 Å². The van der Waals surface area contributed by atoms with Crippen molar-refractivity contribution in [3.05, 3.63) is 76.3 Å². The summed E-state index contributed by atoms with van der Waals surface area (Å²) in [5, 5.41) is 0. The first-order valence-electron chi connectivity index (χ1n) is 14.1. The van der Waals surface area contributed by atoms with E-state index in [1.165, 1.54) is 37.0 Å². The van der Waals surface area contributed by atoms with Crippen LogP contribution in [0.15, 0.2) is 70.0 Å². The SMILES string of the molecule is COc1ccc2c(c1)OC1(c3ccc(OC)cc3OS(=O)(=O)c3ccc(Br)cc3)CCCCC1C21CCCCC1. The number of fused-ring (bicyclic) bond motifs is 4. The zero-order valence-electron chi connectivity index (χ0n) is 23.0. The van der Waals surface area contributed by atoms with Crippen molar-refractivity contribution in [1.82, 2.24) is 0 Å². The number of hydrogen-bond acceptors (Lipinski definition) is 6. The lowest BCUT2D eigenvalue weighted by molar-refractivity contribution is -0.0956. The summed E-state index contributed by atoms with van der Waals surface area (Å²) in [5.41, 5.74) is 1.22. The van der Waals surface area contributed by atoms with Gasteiger partial charge < -0.3 is 18.4 Å². The Kier molecular flexibility index (Phi) is 7.28. The topological polar surface area (TPSA) is 71.1 Å². The molecule has 2 unspecified atom stereocenters. The molecule has 2 fully saturated rings. The number of methoxy groups -OCH3 is 2. The van der Waals surface area contributed by atoms with Crippen LogP contribution in [0.2, 0.25) is 0 Å². The second-order valence-electron chi connectivity index (χ2n) is 11.2. The van der Waals surface area contributed by atoms with E-state index < -0.39 is 15.7 Å². The van der Waals surface area contributed by atoms with Gasteiger partial charge in [-0.3, -0.25) is 0 Å². The first-order valence-corrected chi connectivity index (χ1v) is 16.3. The minimum atomic E-state index is -4.11. The molecule has 0 aromatic heterocycles. The molecular formula is C32H35BrO6S. The van der Waals surface area contributed by atoms with Gasteiger partial charge in [0, 0.05) is 39.1 Å². The number of rotatable bonds is 6. The van der Waals surface area contributed by atoms with Gasteiger partial charge in [0.1, 0.15) is 27.7 Å². The Morgan fingerprint density at radius 2 is 1.45 bits per heavy atom. The fourth-order valence-corrected chi connectivity index (χ4v) is 8.70. The van der Waals surface area contributed by atoms with Crippen LogP contribution in [0, 0.1) is 5.92 Å². The molecule has 3 aromatic rings. The smallest absolute Gasteiger partial charge is 0.339 e. The van der Waals surface area contributed by atoms with Crippen LogP contribution in [0.4, 0.5) is 0 Å². The monoisotopic (exact) mass is 626 g/mol. The largest absolute Gasteiger partial charge is 0.497 e. The standard InChI is InChI=1S/C32H35BrO6S/c1-36-23-11-15-26-28(20-23)38-32(19-7-4-8-30(32)31(26)17-5-3-6-18-31)27-16-12-24(37-2)21-29(27)39-40(34,35)25-13-9-22(33)10-14-25/h9-16,20-21,30H,3-8,17-19H2,1-2H3. The van der Waals surface area contributed by atoms with Crippen molar-refractivity contribution in [2.75, 3.05) is 14.2 Å². The van der Waals surface area contributed by atoms with Gasteiger partial charge in [0.2, 0.25) is 0 Å². The fourth-order valence-electron chi connectivity index (χ4n) is 7.49. The zero-order valence-corrected chi connectivity index (χ0v) is 25.4. The highest BCUT2D eigenvalue weighted by molar-refractivity contribution is 9.10. The average Bonchev–Trinajstić information content (AvgIpc) is 2.97. The van der Waals surface area contributed by atoms with E-state index in [2.05, 4.69) is 22.0 Å². The third kappa shape index (κ3) is 4.57. The Hall–Kier alpha value is -2.71. The molecule has 0 N–H and O–H groups in total. The summed E-state index contributed by atoms with van der Waals surface area (Å²) in [6.45, 7) is 0. The summed E-state index contributed by atoms with van der Waals surface area (Å²) in [7, 11) is -0.875. The number of ether oxygens (including phenoxy) is 3. The predicted molar refractivity (Wildman–Crippen MR) is 157 cm³/mol. The van der Waals surface area contributed by atoms with Crippen LogP contribution in [-0.2, 0) is 21.1 Å². The number of benzene rings is 3. The highest BCUT2D eigenvalue weighted by atomic mass is 79.9. The van der Waals surface area contributed by atoms with Crippen LogP contribution in [0.5, 0.6) is 23.0 Å². The van der Waals surface area contributed by atoms with Crippen LogP contribution < -0.4 is 18.4 Å². The van der Waals surface area contributed by atoms with Crippen molar-refractivity contribution in [2.45, 2.75) is 73.7 Å². The molecule has 1 aliphatic heterocycles. The quantitative estimate of drug-likeness (QED) is 0.259. The second kappa shape index (κ2) is 10.6. The molecule has 1 heterocycles. The molecule has 3 aromatic carbocycles. The Balaban J connectivity index is 1.54. The first-order chi connectivity index (χ1) is 19.3. The Labute approximate surface area is 245 Å². The summed E-state index contributed by atoms with van der Waals surface area (Å²) in [6, 6.07) is 18.2. The van der Waals surface area contributed by atoms with Crippen LogP contribution in [0.3, 0.4) is 0 Å². The summed E-state index contributed by atoms with van der Waals surface area (Å²) >= 11 is 3.38. The molecule has 6 rings (SSSR count). The third-order valence-corrected chi connectivity index (χ3v) is 11.0. The summed E-state index contributed by atoms with van der Waals surface area (Å²) in [6.07, 6.45) is 9.63. The maximum absolute atomic E-state index is 13.5. The highest BCUT2D eigenvalue weighted by Gasteiger charge is 2.60. The molecule has 6 nitrogen and oxygen atoms in total. The number of hydrogen-bond donors (Lipinski definition) is 0. The number of halogens is 1. The molecule has 2 aliphatic carbocycles. The molecule has 0 radical (unpaired) electrons. The van der Waals surface area contributed by atoms with Gasteiger partial charge in [-0.2, -0.15) is 8.42 Å². The lowest BCUT2D eigenvalue weighted by Gasteiger charge is -2.58. The van der Waals surface area contributed by atoms with Gasteiger partial charge in [-0.1, -0.05) is 47.7 Å². The molecule has 40 heavy (non-hydrogen) atoms. The second-order valence-corrected chi connectivity index (χ2v) is 13.7. The van der Waals surface area contributed by atoms with Gasteiger partial charge in [0.05, 0.1) is 14.2 Å². The van der Waals surface area contributed by atoms with Crippen LogP contribution >= 0.6 is 15.9 Å². The van der Waals surface area contributed by atoms with E-state index in [0.717, 1.165) is 60.1 Å². The van der Waals surface area contributed by atoms with Gasteiger partial charge in [-0.25, -0.2) is 0 Å². The Morgan fingerprint density at radius 3 is 2.15 bits per heavy atom. The van der Waals surface area contributed by atoms with Crippen LogP contribution in [-0.4, -0.2) is 22.6 Å². The molecule has 212 valence electrons. The van der Waals surface area contributed by atoms with E-state index >= 15 is 0 Å². The summed E-state index contributed by atoms with van der Waals surface area (Å²) in [4.78, 5) is 0.0885. The Morgan fingerprint density at radius 1 is 0.800 bits per heavy atom. The normalized spacial score (nSPS) is 23.4. The van der Waals surface area contributed by atoms with Crippen molar-refractivity contribution in [3.63, 3.8) is 0 Å². The molecule has 1 spiro atoms. The van der Waals surface area contributed by atoms with E-state index in [4.69, 9.17) is 18.4 Å². The summed E-state index contributed by atoms with van der Waals surface area (Å²) in [5.74, 6) is 2.54. The lowest BCUT2D eigenvalue weighted by atomic mass is 9.51. The molecule has 0 amide bonds. The Bertz CT molecular complexity index is 1500. The van der Waals surface area contributed by atoms with Crippen molar-refractivity contribution < 1.29 is 26.8 Å².